The highest BCUT2D eigenvalue weighted by Gasteiger charge is 2.17. The quantitative estimate of drug-likeness (QED) is 0.673. The van der Waals surface area contributed by atoms with E-state index in [0.717, 1.165) is 5.56 Å². The summed E-state index contributed by atoms with van der Waals surface area (Å²) in [5, 5.41) is 4.38. The van der Waals surface area contributed by atoms with Crippen LogP contribution in [0.5, 0.6) is 5.75 Å². The minimum atomic E-state index is -0.487. The van der Waals surface area contributed by atoms with Gasteiger partial charge in [-0.1, -0.05) is 35.5 Å². The van der Waals surface area contributed by atoms with E-state index in [1.54, 1.807) is 25.1 Å². The first kappa shape index (κ1) is 14.1. The molecule has 3 aromatic rings. The summed E-state index contributed by atoms with van der Waals surface area (Å²) < 4.78 is 15.8. The molecule has 112 valence electrons. The lowest BCUT2D eigenvalue weighted by Gasteiger charge is -2.05. The van der Waals surface area contributed by atoms with Crippen LogP contribution in [0, 0.1) is 0 Å². The van der Waals surface area contributed by atoms with E-state index in [4.69, 9.17) is 14.0 Å². The first-order valence-corrected chi connectivity index (χ1v) is 7.01. The number of benzene rings is 2. The normalized spacial score (nSPS) is 10.6. The van der Waals surface area contributed by atoms with E-state index in [-0.39, 0.29) is 5.69 Å². The Morgan fingerprint density at radius 2 is 2.00 bits per heavy atom. The molecule has 0 spiro atoms. The summed E-state index contributed by atoms with van der Waals surface area (Å²) in [4.78, 5) is 11.7. The number of ether oxygens (including phenoxy) is 2. The number of hydrogen-bond donors (Lipinski definition) is 0. The predicted octanol–water partition coefficient (Wildman–Crippen LogP) is 3.58. The second kappa shape index (κ2) is 6.30. The van der Waals surface area contributed by atoms with Crippen LogP contribution >= 0.6 is 0 Å². The maximum atomic E-state index is 11.7. The highest BCUT2D eigenvalue weighted by Crippen LogP contribution is 2.24. The van der Waals surface area contributed by atoms with Crippen molar-refractivity contribution in [2.45, 2.75) is 13.5 Å². The summed E-state index contributed by atoms with van der Waals surface area (Å²) in [5.74, 6) is 0.169. The van der Waals surface area contributed by atoms with Crippen LogP contribution in [0.1, 0.15) is 23.0 Å². The third kappa shape index (κ3) is 2.93. The fourth-order valence-corrected chi connectivity index (χ4v) is 2.10. The van der Waals surface area contributed by atoms with Crippen molar-refractivity contribution in [3.8, 4) is 5.75 Å². The molecule has 0 aliphatic rings. The predicted molar refractivity (Wildman–Crippen MR) is 80.7 cm³/mol. The molecule has 0 atom stereocenters. The number of hydrogen-bond acceptors (Lipinski definition) is 5. The second-order valence-electron chi connectivity index (χ2n) is 4.68. The molecule has 1 heterocycles. The van der Waals surface area contributed by atoms with Crippen molar-refractivity contribution < 1.29 is 18.8 Å². The summed E-state index contributed by atoms with van der Waals surface area (Å²) in [6.45, 7) is 2.51. The monoisotopic (exact) mass is 297 g/mol. The van der Waals surface area contributed by atoms with E-state index in [2.05, 4.69) is 5.16 Å². The van der Waals surface area contributed by atoms with E-state index in [0.29, 0.717) is 29.9 Å². The zero-order valence-electron chi connectivity index (χ0n) is 12.1. The molecule has 3 rings (SSSR count). The first-order valence-electron chi connectivity index (χ1n) is 7.01. The number of carbonyl (C=O) groups is 1. The van der Waals surface area contributed by atoms with Gasteiger partial charge in [0.05, 0.1) is 12.0 Å². The standard InChI is InChI=1S/C17H15NO4/c1-2-20-17(19)16-14-9-8-13(10-15(14)22-18-16)21-11-12-6-4-3-5-7-12/h3-10H,2,11H2,1H3. The third-order valence-corrected chi connectivity index (χ3v) is 3.16. The van der Waals surface area contributed by atoms with Crippen molar-refractivity contribution in [1.82, 2.24) is 5.16 Å². The van der Waals surface area contributed by atoms with Gasteiger partial charge in [0.2, 0.25) is 0 Å². The average Bonchev–Trinajstić information content (AvgIpc) is 2.97. The highest BCUT2D eigenvalue weighted by molar-refractivity contribution is 6.01. The molecule has 5 nitrogen and oxygen atoms in total. The van der Waals surface area contributed by atoms with Gasteiger partial charge in [0.1, 0.15) is 12.4 Å². The van der Waals surface area contributed by atoms with Crippen LogP contribution in [0.2, 0.25) is 0 Å². The van der Waals surface area contributed by atoms with E-state index in [1.165, 1.54) is 0 Å². The summed E-state index contributed by atoms with van der Waals surface area (Å²) in [6.07, 6.45) is 0. The molecule has 1 aromatic heterocycles. The van der Waals surface area contributed by atoms with Crippen LogP contribution in [0.15, 0.2) is 53.1 Å². The lowest BCUT2D eigenvalue weighted by molar-refractivity contribution is 0.0517. The van der Waals surface area contributed by atoms with Gasteiger partial charge < -0.3 is 14.0 Å². The Morgan fingerprint density at radius 1 is 1.18 bits per heavy atom. The van der Waals surface area contributed by atoms with Crippen LogP contribution in [-0.4, -0.2) is 17.7 Å². The van der Waals surface area contributed by atoms with Crippen molar-refractivity contribution in [3.05, 3.63) is 59.8 Å². The number of esters is 1. The average molecular weight is 297 g/mol. The van der Waals surface area contributed by atoms with Crippen LogP contribution in [-0.2, 0) is 11.3 Å². The Morgan fingerprint density at radius 3 is 2.77 bits per heavy atom. The molecule has 0 unspecified atom stereocenters. The van der Waals surface area contributed by atoms with Gasteiger partial charge in [-0.2, -0.15) is 0 Å². The largest absolute Gasteiger partial charge is 0.489 e. The van der Waals surface area contributed by atoms with Crippen LogP contribution < -0.4 is 4.74 Å². The number of aromatic nitrogens is 1. The smallest absolute Gasteiger partial charge is 0.361 e. The Kier molecular flexibility index (Phi) is 4.05. The van der Waals surface area contributed by atoms with Gasteiger partial charge in [0.15, 0.2) is 11.3 Å². The molecular weight excluding hydrogens is 282 g/mol. The van der Waals surface area contributed by atoms with Crippen LogP contribution in [0.4, 0.5) is 0 Å². The van der Waals surface area contributed by atoms with E-state index < -0.39 is 5.97 Å². The Balaban J connectivity index is 1.78. The van der Waals surface area contributed by atoms with Gasteiger partial charge in [-0.05, 0) is 24.6 Å². The van der Waals surface area contributed by atoms with Crippen LogP contribution in [0.3, 0.4) is 0 Å². The molecule has 0 saturated heterocycles. The van der Waals surface area contributed by atoms with E-state index in [1.807, 2.05) is 30.3 Å². The molecule has 0 bridgehead atoms. The van der Waals surface area contributed by atoms with Crippen molar-refractivity contribution >= 4 is 16.9 Å². The summed E-state index contributed by atoms with van der Waals surface area (Å²) >= 11 is 0. The number of fused-ring (bicyclic) bond motifs is 1. The molecule has 5 heteroatoms. The summed E-state index contributed by atoms with van der Waals surface area (Å²) in [6, 6.07) is 15.1. The van der Waals surface area contributed by atoms with Gasteiger partial charge in [0, 0.05) is 6.07 Å². The zero-order chi connectivity index (χ0) is 15.4. The van der Waals surface area contributed by atoms with Crippen LogP contribution in [0.25, 0.3) is 11.0 Å². The second-order valence-corrected chi connectivity index (χ2v) is 4.68. The van der Waals surface area contributed by atoms with Crippen molar-refractivity contribution in [3.63, 3.8) is 0 Å². The van der Waals surface area contributed by atoms with Gasteiger partial charge in [0.25, 0.3) is 0 Å². The van der Waals surface area contributed by atoms with Crippen molar-refractivity contribution in [2.24, 2.45) is 0 Å². The Labute approximate surface area is 127 Å². The molecule has 0 fully saturated rings. The zero-order valence-corrected chi connectivity index (χ0v) is 12.1. The Bertz CT molecular complexity index is 780. The fourth-order valence-electron chi connectivity index (χ4n) is 2.10. The molecule has 0 saturated carbocycles. The van der Waals surface area contributed by atoms with Gasteiger partial charge in [-0.3, -0.25) is 0 Å². The topological polar surface area (TPSA) is 61.6 Å². The SMILES string of the molecule is CCOC(=O)c1noc2cc(OCc3ccccc3)ccc12. The van der Waals surface area contributed by atoms with Gasteiger partial charge in [-0.25, -0.2) is 4.79 Å². The Hall–Kier alpha value is -2.82. The minimum Gasteiger partial charge on any atom is -0.489 e. The highest BCUT2D eigenvalue weighted by atomic mass is 16.5. The molecule has 2 aromatic carbocycles. The van der Waals surface area contributed by atoms with E-state index >= 15 is 0 Å². The minimum absolute atomic E-state index is 0.187. The molecule has 0 N–H and O–H groups in total. The van der Waals surface area contributed by atoms with Crippen molar-refractivity contribution in [2.75, 3.05) is 6.61 Å². The molecule has 0 aliphatic heterocycles. The van der Waals surface area contributed by atoms with Gasteiger partial charge >= 0.3 is 5.97 Å². The maximum absolute atomic E-state index is 11.7. The molecule has 22 heavy (non-hydrogen) atoms. The number of nitrogens with zero attached hydrogens (tertiary/aromatic N) is 1. The first-order chi connectivity index (χ1) is 10.8. The molecular formula is C17H15NO4. The lowest BCUT2D eigenvalue weighted by atomic mass is 10.2. The van der Waals surface area contributed by atoms with E-state index in [9.17, 15) is 4.79 Å². The number of rotatable bonds is 5. The number of carbonyl (C=O) groups excluding carboxylic acids is 1. The third-order valence-electron chi connectivity index (χ3n) is 3.16. The molecule has 0 amide bonds. The summed E-state index contributed by atoms with van der Waals surface area (Å²) in [5.41, 5.74) is 1.76. The van der Waals surface area contributed by atoms with Crippen molar-refractivity contribution in [1.29, 1.82) is 0 Å². The molecule has 0 aliphatic carbocycles. The lowest BCUT2D eigenvalue weighted by Crippen LogP contribution is -2.05. The maximum Gasteiger partial charge on any atom is 0.361 e. The molecule has 0 radical (unpaired) electrons. The fraction of sp³-hybridized carbons (Fsp3) is 0.176. The summed E-state index contributed by atoms with van der Waals surface area (Å²) in [7, 11) is 0. The van der Waals surface area contributed by atoms with Gasteiger partial charge in [-0.15, -0.1) is 0 Å².